The Morgan fingerprint density at radius 3 is 2.46 bits per heavy atom. The maximum Gasteiger partial charge on any atom is 0.239 e. The molecule has 1 saturated carbocycles. The fourth-order valence-corrected chi connectivity index (χ4v) is 3.89. The number of carbonyl (C=O) groups is 2. The van der Waals surface area contributed by atoms with Crippen molar-refractivity contribution in [2.24, 2.45) is 5.73 Å². The lowest BCUT2D eigenvalue weighted by atomic mass is 9.96. The number of primary amides is 1. The molecule has 5 nitrogen and oxygen atoms in total. The van der Waals surface area contributed by atoms with Gasteiger partial charge < -0.3 is 16.0 Å². The molecule has 4 rings (SSSR count). The van der Waals surface area contributed by atoms with Crippen molar-refractivity contribution < 1.29 is 9.59 Å². The van der Waals surface area contributed by atoms with Crippen LogP contribution in [0.15, 0.2) is 54.6 Å². The number of rotatable bonds is 6. The monoisotopic (exact) mass is 349 g/mol. The Kier molecular flexibility index (Phi) is 4.15. The van der Waals surface area contributed by atoms with E-state index in [2.05, 4.69) is 17.4 Å². The molecule has 1 aliphatic heterocycles. The number of fused-ring (bicyclic) bond motifs is 1. The fraction of sp³-hybridized carbons (Fsp3) is 0.333. The summed E-state index contributed by atoms with van der Waals surface area (Å²) in [4.78, 5) is 26.2. The van der Waals surface area contributed by atoms with Gasteiger partial charge in [0.2, 0.25) is 11.8 Å². The highest BCUT2D eigenvalue weighted by Gasteiger charge is 2.44. The van der Waals surface area contributed by atoms with Crippen molar-refractivity contribution in [3.8, 4) is 0 Å². The Labute approximate surface area is 153 Å². The minimum Gasteiger partial charge on any atom is -0.369 e. The average Bonchev–Trinajstić information content (AvgIpc) is 3.37. The molecule has 5 heteroatoms. The standard InChI is InChI=1S/C21H23N3O2/c22-20(26)17-12-24(18-9-5-4-8-16(17)18)13-19(25)23-14-21(10-11-21)15-6-2-1-3-7-15/h1-9,17H,10-14H2,(H2,22,26)(H,23,25)/t17-/m1/s1. The van der Waals surface area contributed by atoms with Gasteiger partial charge in [-0.3, -0.25) is 9.59 Å². The van der Waals surface area contributed by atoms with Gasteiger partial charge in [-0.15, -0.1) is 0 Å². The van der Waals surface area contributed by atoms with Crippen LogP contribution >= 0.6 is 0 Å². The summed E-state index contributed by atoms with van der Waals surface area (Å²) < 4.78 is 0. The van der Waals surface area contributed by atoms with Gasteiger partial charge in [-0.25, -0.2) is 0 Å². The molecule has 0 aromatic heterocycles. The molecule has 0 unspecified atom stereocenters. The second-order valence-electron chi connectivity index (χ2n) is 7.32. The SMILES string of the molecule is NC(=O)[C@@H]1CN(CC(=O)NCC2(c3ccccc3)CC2)c2ccccc21. The van der Waals surface area contributed by atoms with Crippen molar-refractivity contribution in [2.75, 3.05) is 24.5 Å². The first-order chi connectivity index (χ1) is 12.6. The van der Waals surface area contributed by atoms with Crippen molar-refractivity contribution in [1.82, 2.24) is 5.32 Å². The minimum atomic E-state index is -0.349. The van der Waals surface area contributed by atoms with E-state index in [4.69, 9.17) is 5.73 Å². The van der Waals surface area contributed by atoms with E-state index in [1.165, 1.54) is 5.56 Å². The molecule has 26 heavy (non-hydrogen) atoms. The number of hydrogen-bond acceptors (Lipinski definition) is 3. The van der Waals surface area contributed by atoms with Crippen LogP contribution in [0, 0.1) is 0 Å². The van der Waals surface area contributed by atoms with E-state index in [1.54, 1.807) is 0 Å². The first-order valence-electron chi connectivity index (χ1n) is 9.04. The smallest absolute Gasteiger partial charge is 0.239 e. The predicted molar refractivity (Wildman–Crippen MR) is 101 cm³/mol. The second kappa shape index (κ2) is 6.48. The summed E-state index contributed by atoms with van der Waals surface area (Å²) in [7, 11) is 0. The van der Waals surface area contributed by atoms with Crippen molar-refractivity contribution in [3.05, 3.63) is 65.7 Å². The number of benzene rings is 2. The van der Waals surface area contributed by atoms with Crippen LogP contribution < -0.4 is 16.0 Å². The minimum absolute atomic E-state index is 0.0212. The van der Waals surface area contributed by atoms with Crippen LogP contribution in [-0.4, -0.2) is 31.4 Å². The molecule has 1 atom stereocenters. The molecule has 2 aromatic carbocycles. The molecule has 2 amide bonds. The molecule has 1 heterocycles. The van der Waals surface area contributed by atoms with Gasteiger partial charge in [-0.2, -0.15) is 0 Å². The van der Waals surface area contributed by atoms with E-state index in [0.717, 1.165) is 24.1 Å². The van der Waals surface area contributed by atoms with Crippen LogP contribution in [0.1, 0.15) is 29.9 Å². The molecule has 2 aliphatic rings. The highest BCUT2D eigenvalue weighted by atomic mass is 16.2. The van der Waals surface area contributed by atoms with E-state index in [0.29, 0.717) is 13.1 Å². The Bertz CT molecular complexity index is 830. The Morgan fingerprint density at radius 1 is 1.08 bits per heavy atom. The van der Waals surface area contributed by atoms with E-state index >= 15 is 0 Å². The van der Waals surface area contributed by atoms with Crippen molar-refractivity contribution in [1.29, 1.82) is 0 Å². The van der Waals surface area contributed by atoms with E-state index in [9.17, 15) is 9.59 Å². The number of amides is 2. The van der Waals surface area contributed by atoms with Crippen LogP contribution in [0.3, 0.4) is 0 Å². The molecule has 2 aromatic rings. The van der Waals surface area contributed by atoms with Crippen LogP contribution in [0.25, 0.3) is 0 Å². The molecule has 0 spiro atoms. The van der Waals surface area contributed by atoms with Crippen molar-refractivity contribution in [3.63, 3.8) is 0 Å². The molecule has 1 fully saturated rings. The van der Waals surface area contributed by atoms with Gasteiger partial charge >= 0.3 is 0 Å². The summed E-state index contributed by atoms with van der Waals surface area (Å²) in [6, 6.07) is 18.0. The van der Waals surface area contributed by atoms with Gasteiger partial charge in [0, 0.05) is 24.2 Å². The number of anilines is 1. The summed E-state index contributed by atoms with van der Waals surface area (Å²) in [6.07, 6.45) is 2.21. The molecular formula is C21H23N3O2. The van der Waals surface area contributed by atoms with E-state index in [-0.39, 0.29) is 29.7 Å². The van der Waals surface area contributed by atoms with Crippen LogP contribution in [-0.2, 0) is 15.0 Å². The van der Waals surface area contributed by atoms with Crippen LogP contribution in [0.4, 0.5) is 5.69 Å². The van der Waals surface area contributed by atoms with Gasteiger partial charge in [0.05, 0.1) is 12.5 Å². The van der Waals surface area contributed by atoms with E-state index in [1.807, 2.05) is 47.4 Å². The third kappa shape index (κ3) is 3.05. The maximum absolute atomic E-state index is 12.5. The summed E-state index contributed by atoms with van der Waals surface area (Å²) in [6.45, 7) is 1.36. The highest BCUT2D eigenvalue weighted by molar-refractivity contribution is 5.89. The van der Waals surface area contributed by atoms with Gasteiger partial charge in [-0.05, 0) is 30.0 Å². The van der Waals surface area contributed by atoms with Crippen molar-refractivity contribution in [2.45, 2.75) is 24.2 Å². The largest absolute Gasteiger partial charge is 0.369 e. The zero-order chi connectivity index (χ0) is 18.1. The topological polar surface area (TPSA) is 75.4 Å². The van der Waals surface area contributed by atoms with Crippen molar-refractivity contribution >= 4 is 17.5 Å². The van der Waals surface area contributed by atoms with Gasteiger partial charge in [0.15, 0.2) is 0 Å². The first-order valence-corrected chi connectivity index (χ1v) is 9.04. The summed E-state index contributed by atoms with van der Waals surface area (Å²) >= 11 is 0. The Hall–Kier alpha value is -2.82. The predicted octanol–water partition coefficient (Wildman–Crippen LogP) is 1.92. The Balaban J connectivity index is 1.40. The molecule has 0 radical (unpaired) electrons. The van der Waals surface area contributed by atoms with Gasteiger partial charge in [0.25, 0.3) is 0 Å². The van der Waals surface area contributed by atoms with Crippen LogP contribution in [0.5, 0.6) is 0 Å². The summed E-state index contributed by atoms with van der Waals surface area (Å²) in [5.74, 6) is -0.716. The third-order valence-corrected chi connectivity index (χ3v) is 5.60. The number of para-hydroxylation sites is 1. The second-order valence-corrected chi connectivity index (χ2v) is 7.32. The summed E-state index contributed by atoms with van der Waals surface area (Å²) in [5, 5.41) is 3.09. The number of hydrogen-bond donors (Lipinski definition) is 2. The number of nitrogens with zero attached hydrogens (tertiary/aromatic N) is 1. The number of carbonyl (C=O) groups excluding carboxylic acids is 2. The summed E-state index contributed by atoms with van der Waals surface area (Å²) in [5.41, 5.74) is 8.75. The molecule has 0 saturated heterocycles. The van der Waals surface area contributed by atoms with Gasteiger partial charge in [-0.1, -0.05) is 48.5 Å². The fourth-order valence-electron chi connectivity index (χ4n) is 3.89. The molecule has 1 aliphatic carbocycles. The van der Waals surface area contributed by atoms with Gasteiger partial charge in [0.1, 0.15) is 0 Å². The Morgan fingerprint density at radius 2 is 1.77 bits per heavy atom. The molecule has 0 bridgehead atoms. The average molecular weight is 349 g/mol. The molecule has 3 N–H and O–H groups in total. The molecule has 134 valence electrons. The quantitative estimate of drug-likeness (QED) is 0.837. The lowest BCUT2D eigenvalue weighted by molar-refractivity contribution is -0.121. The molecular weight excluding hydrogens is 326 g/mol. The number of nitrogens with one attached hydrogen (secondary N) is 1. The van der Waals surface area contributed by atoms with E-state index < -0.39 is 0 Å². The normalized spacial score (nSPS) is 19.7. The highest BCUT2D eigenvalue weighted by Crippen LogP contribution is 2.47. The lowest BCUT2D eigenvalue weighted by Gasteiger charge is -2.21. The zero-order valence-corrected chi connectivity index (χ0v) is 14.7. The maximum atomic E-state index is 12.5. The zero-order valence-electron chi connectivity index (χ0n) is 14.7. The lowest BCUT2D eigenvalue weighted by Crippen LogP contribution is -2.40. The van der Waals surface area contributed by atoms with Crippen LogP contribution in [0.2, 0.25) is 0 Å². The third-order valence-electron chi connectivity index (χ3n) is 5.60. The number of nitrogens with two attached hydrogens (primary N) is 1. The first kappa shape index (κ1) is 16.6.